The van der Waals surface area contributed by atoms with Crippen molar-refractivity contribution in [3.8, 4) is 0 Å². The summed E-state index contributed by atoms with van der Waals surface area (Å²) in [6.07, 6.45) is 22.7. The van der Waals surface area contributed by atoms with Crippen molar-refractivity contribution >= 4 is 11.9 Å². The highest BCUT2D eigenvalue weighted by molar-refractivity contribution is 5.78. The molecule has 186 valence electrons. The van der Waals surface area contributed by atoms with Crippen molar-refractivity contribution in [2.24, 2.45) is 5.92 Å². The Morgan fingerprint density at radius 3 is 1.91 bits per heavy atom. The van der Waals surface area contributed by atoms with Crippen LogP contribution in [0.25, 0.3) is 0 Å². The smallest absolute Gasteiger partial charge is 0.307 e. The number of carbonyl (C=O) groups excluding carboxylic acids is 1. The standard InChI is InChI=1S/C29H46O4/c1-2-3-4-5-6-7-8-9-10-11-12-13-14-15-16-20-23-27(29(31)32)24-28(30)33-25-26-21-18-17-19-22-26/h16-22,27H,2-15,23-25H2,1H3,(H,31,32)/b20-16+. The molecule has 1 atom stereocenters. The molecule has 0 saturated carbocycles. The Hall–Kier alpha value is -2.10. The third kappa shape index (κ3) is 17.1. The molecule has 0 bridgehead atoms. The van der Waals surface area contributed by atoms with Gasteiger partial charge >= 0.3 is 11.9 Å². The van der Waals surface area contributed by atoms with Crippen LogP contribution in [-0.2, 0) is 20.9 Å². The van der Waals surface area contributed by atoms with Gasteiger partial charge in [0.2, 0.25) is 0 Å². The van der Waals surface area contributed by atoms with Crippen LogP contribution in [0.2, 0.25) is 0 Å². The zero-order valence-electron chi connectivity index (χ0n) is 20.8. The van der Waals surface area contributed by atoms with Crippen LogP contribution in [-0.4, -0.2) is 17.0 Å². The number of carboxylic acids is 1. The number of benzene rings is 1. The predicted octanol–water partition coefficient (Wildman–Crippen LogP) is 8.25. The number of carboxylic acid groups (broad SMARTS) is 1. The molecule has 4 nitrogen and oxygen atoms in total. The summed E-state index contributed by atoms with van der Waals surface area (Å²) in [7, 11) is 0. The van der Waals surface area contributed by atoms with Crippen molar-refractivity contribution < 1.29 is 19.4 Å². The van der Waals surface area contributed by atoms with E-state index in [1.807, 2.05) is 36.4 Å². The summed E-state index contributed by atoms with van der Waals surface area (Å²) in [5.74, 6) is -2.13. The van der Waals surface area contributed by atoms with E-state index in [1.54, 1.807) is 0 Å². The van der Waals surface area contributed by atoms with E-state index >= 15 is 0 Å². The average molecular weight is 459 g/mol. The van der Waals surface area contributed by atoms with Gasteiger partial charge in [-0.1, -0.05) is 126 Å². The lowest BCUT2D eigenvalue weighted by molar-refractivity contribution is -0.152. The summed E-state index contributed by atoms with van der Waals surface area (Å²) < 4.78 is 5.22. The van der Waals surface area contributed by atoms with Crippen LogP contribution in [0.1, 0.15) is 115 Å². The number of carbonyl (C=O) groups is 2. The SMILES string of the molecule is CCCCCCCCCCCCCCC/C=C/CC(CC(=O)OCc1ccccc1)C(=O)O. The van der Waals surface area contributed by atoms with Crippen LogP contribution in [0.5, 0.6) is 0 Å². The second-order valence-corrected chi connectivity index (χ2v) is 9.12. The van der Waals surface area contributed by atoms with Crippen LogP contribution in [0.15, 0.2) is 42.5 Å². The van der Waals surface area contributed by atoms with E-state index in [2.05, 4.69) is 13.0 Å². The number of allylic oxidation sites excluding steroid dienone is 2. The van der Waals surface area contributed by atoms with Crippen LogP contribution >= 0.6 is 0 Å². The molecule has 0 aliphatic rings. The van der Waals surface area contributed by atoms with E-state index in [-0.39, 0.29) is 13.0 Å². The fourth-order valence-corrected chi connectivity index (χ4v) is 3.93. The predicted molar refractivity (Wildman–Crippen MR) is 136 cm³/mol. The maximum Gasteiger partial charge on any atom is 0.307 e. The minimum atomic E-state index is -0.947. The van der Waals surface area contributed by atoms with Gasteiger partial charge in [-0.2, -0.15) is 0 Å². The molecular weight excluding hydrogens is 412 g/mol. The zero-order valence-corrected chi connectivity index (χ0v) is 20.8. The number of hydrogen-bond acceptors (Lipinski definition) is 3. The van der Waals surface area contributed by atoms with E-state index in [0.29, 0.717) is 6.42 Å². The second kappa shape index (κ2) is 20.5. The van der Waals surface area contributed by atoms with Gasteiger partial charge in [0.15, 0.2) is 0 Å². The van der Waals surface area contributed by atoms with Crippen molar-refractivity contribution in [1.29, 1.82) is 0 Å². The highest BCUT2D eigenvalue weighted by Gasteiger charge is 2.20. The van der Waals surface area contributed by atoms with Crippen molar-refractivity contribution in [1.82, 2.24) is 0 Å². The van der Waals surface area contributed by atoms with E-state index in [1.165, 1.54) is 77.0 Å². The molecule has 1 aromatic carbocycles. The Morgan fingerprint density at radius 1 is 0.818 bits per heavy atom. The summed E-state index contributed by atoms with van der Waals surface area (Å²) >= 11 is 0. The summed E-state index contributed by atoms with van der Waals surface area (Å²) in [4.78, 5) is 23.5. The Morgan fingerprint density at radius 2 is 1.36 bits per heavy atom. The molecule has 1 rings (SSSR count). The molecule has 4 heteroatoms. The average Bonchev–Trinajstić information content (AvgIpc) is 2.82. The number of rotatable bonds is 21. The van der Waals surface area contributed by atoms with Crippen molar-refractivity contribution in [2.45, 2.75) is 116 Å². The second-order valence-electron chi connectivity index (χ2n) is 9.12. The molecule has 0 radical (unpaired) electrons. The summed E-state index contributed by atoms with van der Waals surface area (Å²) in [5.41, 5.74) is 0.899. The van der Waals surface area contributed by atoms with Crippen molar-refractivity contribution in [2.75, 3.05) is 0 Å². The first-order valence-electron chi connectivity index (χ1n) is 13.2. The fraction of sp³-hybridized carbons (Fsp3) is 0.655. The highest BCUT2D eigenvalue weighted by Crippen LogP contribution is 2.15. The molecule has 0 aliphatic heterocycles. The molecule has 0 saturated heterocycles. The van der Waals surface area contributed by atoms with Gasteiger partial charge in [0.05, 0.1) is 12.3 Å². The number of unbranched alkanes of at least 4 members (excludes halogenated alkanes) is 13. The van der Waals surface area contributed by atoms with E-state index in [9.17, 15) is 14.7 Å². The van der Waals surface area contributed by atoms with Gasteiger partial charge in [-0.3, -0.25) is 9.59 Å². The third-order valence-electron chi connectivity index (χ3n) is 6.07. The first kappa shape index (κ1) is 28.9. The molecular formula is C29H46O4. The maximum absolute atomic E-state index is 12.0. The van der Waals surface area contributed by atoms with E-state index in [0.717, 1.165) is 18.4 Å². The van der Waals surface area contributed by atoms with Gasteiger partial charge in [0, 0.05) is 0 Å². The summed E-state index contributed by atoms with van der Waals surface area (Å²) in [6.45, 7) is 2.45. The summed E-state index contributed by atoms with van der Waals surface area (Å²) in [5, 5.41) is 9.39. The zero-order chi connectivity index (χ0) is 24.0. The topological polar surface area (TPSA) is 63.6 Å². The lowest BCUT2D eigenvalue weighted by Crippen LogP contribution is -2.19. The van der Waals surface area contributed by atoms with Gasteiger partial charge in [-0.05, 0) is 24.8 Å². The molecule has 1 aromatic rings. The molecule has 0 aromatic heterocycles. The monoisotopic (exact) mass is 458 g/mol. The third-order valence-corrected chi connectivity index (χ3v) is 6.07. The minimum Gasteiger partial charge on any atom is -0.481 e. The first-order valence-corrected chi connectivity index (χ1v) is 13.2. The van der Waals surface area contributed by atoms with Gasteiger partial charge < -0.3 is 9.84 Å². The van der Waals surface area contributed by atoms with Gasteiger partial charge in [0.25, 0.3) is 0 Å². The van der Waals surface area contributed by atoms with Gasteiger partial charge in [0.1, 0.15) is 6.61 Å². The molecule has 0 amide bonds. The Balaban J connectivity index is 2.01. The van der Waals surface area contributed by atoms with Crippen molar-refractivity contribution in [3.05, 3.63) is 48.0 Å². The van der Waals surface area contributed by atoms with Crippen LogP contribution < -0.4 is 0 Å². The van der Waals surface area contributed by atoms with Crippen LogP contribution in [0, 0.1) is 5.92 Å². The lowest BCUT2D eigenvalue weighted by atomic mass is 10.0. The largest absolute Gasteiger partial charge is 0.481 e. The molecule has 0 fully saturated rings. The van der Waals surface area contributed by atoms with Crippen LogP contribution in [0.3, 0.4) is 0 Å². The fourth-order valence-electron chi connectivity index (χ4n) is 3.93. The Labute approximate surface area is 201 Å². The molecule has 0 heterocycles. The number of hydrogen-bond donors (Lipinski definition) is 1. The maximum atomic E-state index is 12.0. The number of ether oxygens (including phenoxy) is 1. The van der Waals surface area contributed by atoms with E-state index in [4.69, 9.17) is 4.74 Å². The van der Waals surface area contributed by atoms with Crippen LogP contribution in [0.4, 0.5) is 0 Å². The quantitative estimate of drug-likeness (QED) is 0.114. The number of esters is 1. The number of aliphatic carboxylic acids is 1. The van der Waals surface area contributed by atoms with Crippen molar-refractivity contribution in [3.63, 3.8) is 0 Å². The lowest BCUT2D eigenvalue weighted by Gasteiger charge is -2.10. The molecule has 0 spiro atoms. The highest BCUT2D eigenvalue weighted by atomic mass is 16.5. The Bertz CT molecular complexity index is 638. The molecule has 33 heavy (non-hydrogen) atoms. The molecule has 1 unspecified atom stereocenters. The minimum absolute atomic E-state index is 0.0920. The summed E-state index contributed by atoms with van der Waals surface area (Å²) in [6, 6.07) is 9.41. The normalized spacial score (nSPS) is 12.2. The van der Waals surface area contributed by atoms with Gasteiger partial charge in [-0.25, -0.2) is 0 Å². The van der Waals surface area contributed by atoms with E-state index < -0.39 is 17.9 Å². The molecule has 1 N–H and O–H groups in total. The molecule has 0 aliphatic carbocycles. The Kier molecular flexibility index (Phi) is 18.0. The first-order chi connectivity index (χ1) is 16.1. The van der Waals surface area contributed by atoms with Gasteiger partial charge in [-0.15, -0.1) is 0 Å².